The Balaban J connectivity index is 2.18. The van der Waals surface area contributed by atoms with Crippen LogP contribution in [0.15, 0.2) is 42.5 Å². The van der Waals surface area contributed by atoms with Gasteiger partial charge in [-0.1, -0.05) is 12.2 Å². The molecule has 0 saturated carbocycles. The Kier molecular flexibility index (Phi) is 6.94. The molecule has 0 aliphatic heterocycles. The lowest BCUT2D eigenvalue weighted by atomic mass is 10.1. The van der Waals surface area contributed by atoms with Gasteiger partial charge in [0.25, 0.3) is 5.69 Å². The molecule has 0 spiro atoms. The first-order chi connectivity index (χ1) is 12.1. The summed E-state index contributed by atoms with van der Waals surface area (Å²) in [7, 11) is 3.08. The second-order valence-electron chi connectivity index (χ2n) is 5.02. The summed E-state index contributed by atoms with van der Waals surface area (Å²) in [5, 5.41) is 10.7. The fraction of sp³-hybridized carbons (Fsp3) is 0.222. The summed E-state index contributed by atoms with van der Waals surface area (Å²) in [6, 6.07) is 11.7. The van der Waals surface area contributed by atoms with Gasteiger partial charge in [0.1, 0.15) is 11.5 Å². The van der Waals surface area contributed by atoms with Gasteiger partial charge in [-0.25, -0.2) is 0 Å². The second kappa shape index (κ2) is 9.41. The highest BCUT2D eigenvalue weighted by Gasteiger charge is 2.04. The molecule has 132 valence electrons. The Hall–Kier alpha value is -2.90. The molecule has 0 radical (unpaired) electrons. The van der Waals surface area contributed by atoms with Gasteiger partial charge in [-0.2, -0.15) is 0 Å². The standard InChI is InChI=1S/C18H19NO6/c1-22-12-24-17-9-15(10-18(11-17)25-13-23-2)4-3-14-5-7-16(8-6-14)19(20)21/h3-11H,12-13H2,1-2H3. The number of nitrogens with zero attached hydrogens (tertiary/aromatic N) is 1. The molecule has 0 N–H and O–H groups in total. The molecule has 25 heavy (non-hydrogen) atoms. The Bertz CT molecular complexity index is 701. The molecule has 0 aliphatic rings. The molecule has 2 aromatic rings. The number of benzene rings is 2. The van der Waals surface area contributed by atoms with Crippen LogP contribution in [0.1, 0.15) is 11.1 Å². The van der Waals surface area contributed by atoms with Crippen LogP contribution in [0.4, 0.5) is 5.69 Å². The van der Waals surface area contributed by atoms with E-state index in [1.807, 2.05) is 24.3 Å². The molecule has 0 heterocycles. The first-order valence-electron chi connectivity index (χ1n) is 7.43. The van der Waals surface area contributed by atoms with Crippen molar-refractivity contribution in [2.75, 3.05) is 27.8 Å². The fourth-order valence-corrected chi connectivity index (χ4v) is 2.01. The zero-order valence-corrected chi connectivity index (χ0v) is 14.0. The summed E-state index contributed by atoms with van der Waals surface area (Å²) < 4.78 is 20.7. The number of non-ortho nitro benzene ring substituents is 1. The maximum absolute atomic E-state index is 10.7. The maximum atomic E-state index is 10.7. The van der Waals surface area contributed by atoms with Gasteiger partial charge in [0, 0.05) is 32.4 Å². The van der Waals surface area contributed by atoms with Gasteiger partial charge in [0.2, 0.25) is 0 Å². The minimum absolute atomic E-state index is 0.0577. The van der Waals surface area contributed by atoms with E-state index in [0.717, 1.165) is 11.1 Å². The van der Waals surface area contributed by atoms with Crippen molar-refractivity contribution in [3.63, 3.8) is 0 Å². The van der Waals surface area contributed by atoms with Gasteiger partial charge in [-0.15, -0.1) is 0 Å². The van der Waals surface area contributed by atoms with Crippen molar-refractivity contribution in [3.05, 3.63) is 63.7 Å². The highest BCUT2D eigenvalue weighted by atomic mass is 16.7. The average Bonchev–Trinajstić information content (AvgIpc) is 2.63. The van der Waals surface area contributed by atoms with Crippen LogP contribution in [-0.2, 0) is 9.47 Å². The normalized spacial score (nSPS) is 10.8. The first-order valence-corrected chi connectivity index (χ1v) is 7.43. The van der Waals surface area contributed by atoms with Crippen LogP contribution in [0, 0.1) is 10.1 Å². The largest absolute Gasteiger partial charge is 0.467 e. The molecule has 0 bridgehead atoms. The van der Waals surface area contributed by atoms with Crippen LogP contribution in [-0.4, -0.2) is 32.7 Å². The molecule has 2 aromatic carbocycles. The number of hydrogen-bond acceptors (Lipinski definition) is 6. The van der Waals surface area contributed by atoms with Gasteiger partial charge < -0.3 is 18.9 Å². The minimum atomic E-state index is -0.427. The Morgan fingerprint density at radius 2 is 1.40 bits per heavy atom. The van der Waals surface area contributed by atoms with Gasteiger partial charge in [-0.3, -0.25) is 10.1 Å². The van der Waals surface area contributed by atoms with Crippen LogP contribution in [0.3, 0.4) is 0 Å². The highest BCUT2D eigenvalue weighted by molar-refractivity contribution is 5.71. The fourth-order valence-electron chi connectivity index (χ4n) is 2.01. The molecular weight excluding hydrogens is 326 g/mol. The summed E-state index contributed by atoms with van der Waals surface area (Å²) in [5.74, 6) is 1.19. The van der Waals surface area contributed by atoms with E-state index in [4.69, 9.17) is 18.9 Å². The van der Waals surface area contributed by atoms with Gasteiger partial charge >= 0.3 is 0 Å². The number of rotatable bonds is 9. The van der Waals surface area contributed by atoms with E-state index >= 15 is 0 Å². The molecule has 0 unspecified atom stereocenters. The van der Waals surface area contributed by atoms with Crippen LogP contribution >= 0.6 is 0 Å². The Morgan fingerprint density at radius 1 is 0.880 bits per heavy atom. The van der Waals surface area contributed by atoms with Crippen molar-refractivity contribution in [1.82, 2.24) is 0 Å². The zero-order valence-electron chi connectivity index (χ0n) is 14.0. The van der Waals surface area contributed by atoms with Crippen molar-refractivity contribution in [1.29, 1.82) is 0 Å². The Labute approximate surface area is 145 Å². The predicted octanol–water partition coefficient (Wildman–Crippen LogP) is 3.73. The zero-order chi connectivity index (χ0) is 18.1. The lowest BCUT2D eigenvalue weighted by Crippen LogP contribution is -2.02. The number of methoxy groups -OCH3 is 2. The van der Waals surface area contributed by atoms with Crippen molar-refractivity contribution >= 4 is 17.8 Å². The minimum Gasteiger partial charge on any atom is -0.467 e. The van der Waals surface area contributed by atoms with E-state index in [1.165, 1.54) is 12.1 Å². The van der Waals surface area contributed by atoms with E-state index < -0.39 is 4.92 Å². The lowest BCUT2D eigenvalue weighted by molar-refractivity contribution is -0.384. The van der Waals surface area contributed by atoms with E-state index in [0.29, 0.717) is 11.5 Å². The van der Waals surface area contributed by atoms with Gasteiger partial charge in [0.05, 0.1) is 4.92 Å². The SMILES string of the molecule is COCOc1cc(C=Cc2ccc([N+](=O)[O-])cc2)cc(OCOC)c1. The van der Waals surface area contributed by atoms with Crippen LogP contribution < -0.4 is 9.47 Å². The maximum Gasteiger partial charge on any atom is 0.269 e. The topological polar surface area (TPSA) is 80.1 Å². The van der Waals surface area contributed by atoms with Gasteiger partial charge in [0.15, 0.2) is 13.6 Å². The monoisotopic (exact) mass is 345 g/mol. The number of hydrogen-bond donors (Lipinski definition) is 0. The quantitative estimate of drug-likeness (QED) is 0.298. The van der Waals surface area contributed by atoms with E-state index in [2.05, 4.69) is 0 Å². The van der Waals surface area contributed by atoms with E-state index in [1.54, 1.807) is 32.4 Å². The molecule has 0 atom stereocenters. The Morgan fingerprint density at radius 3 is 1.88 bits per heavy atom. The third-order valence-corrected chi connectivity index (χ3v) is 3.16. The molecular formula is C18H19NO6. The number of ether oxygens (including phenoxy) is 4. The molecule has 7 nitrogen and oxygen atoms in total. The van der Waals surface area contributed by atoms with Crippen LogP contribution in [0.2, 0.25) is 0 Å². The third-order valence-electron chi connectivity index (χ3n) is 3.16. The summed E-state index contributed by atoms with van der Waals surface area (Å²) in [5.41, 5.74) is 1.74. The third kappa shape index (κ3) is 5.91. The lowest BCUT2D eigenvalue weighted by Gasteiger charge is -2.10. The molecule has 0 fully saturated rings. The smallest absolute Gasteiger partial charge is 0.269 e. The summed E-state index contributed by atoms with van der Waals surface area (Å²) in [6.07, 6.45) is 3.71. The molecule has 0 amide bonds. The molecule has 0 aromatic heterocycles. The van der Waals surface area contributed by atoms with Crippen molar-refractivity contribution in [3.8, 4) is 11.5 Å². The second-order valence-corrected chi connectivity index (χ2v) is 5.02. The van der Waals surface area contributed by atoms with E-state index in [9.17, 15) is 10.1 Å². The van der Waals surface area contributed by atoms with E-state index in [-0.39, 0.29) is 19.3 Å². The molecule has 2 rings (SSSR count). The van der Waals surface area contributed by atoms with Crippen molar-refractivity contribution in [2.45, 2.75) is 0 Å². The molecule has 0 saturated heterocycles. The molecule has 0 aliphatic carbocycles. The summed E-state index contributed by atoms with van der Waals surface area (Å²) in [6.45, 7) is 0.248. The number of nitro groups is 1. The summed E-state index contributed by atoms with van der Waals surface area (Å²) >= 11 is 0. The molecule has 7 heteroatoms. The van der Waals surface area contributed by atoms with Crippen molar-refractivity contribution < 1.29 is 23.9 Å². The van der Waals surface area contributed by atoms with Gasteiger partial charge in [-0.05, 0) is 35.4 Å². The highest BCUT2D eigenvalue weighted by Crippen LogP contribution is 2.25. The van der Waals surface area contributed by atoms with Crippen LogP contribution in [0.25, 0.3) is 12.2 Å². The average molecular weight is 345 g/mol. The number of nitro benzene ring substituents is 1. The van der Waals surface area contributed by atoms with Crippen LogP contribution in [0.5, 0.6) is 11.5 Å². The summed E-state index contributed by atoms with van der Waals surface area (Å²) in [4.78, 5) is 10.3. The van der Waals surface area contributed by atoms with Crippen molar-refractivity contribution in [2.24, 2.45) is 0 Å². The first kappa shape index (κ1) is 18.4. The predicted molar refractivity (Wildman–Crippen MR) is 93.5 cm³/mol.